The van der Waals surface area contributed by atoms with Gasteiger partial charge in [-0.3, -0.25) is 14.5 Å². The summed E-state index contributed by atoms with van der Waals surface area (Å²) in [5.41, 5.74) is -0.202. The second-order valence-corrected chi connectivity index (χ2v) is 6.33. The van der Waals surface area contributed by atoms with Crippen molar-refractivity contribution in [2.45, 2.75) is 24.5 Å². The van der Waals surface area contributed by atoms with Crippen molar-refractivity contribution < 1.29 is 39.0 Å². The number of phosphoric acid groups is 1. The Labute approximate surface area is 133 Å². The monoisotopic (exact) mass is 363 g/mol. The first-order valence-electron chi connectivity index (χ1n) is 6.59. The quantitative estimate of drug-likeness (QED) is 0.253. The van der Waals surface area contributed by atoms with Gasteiger partial charge in [-0.25, -0.2) is 14.5 Å². The highest BCUT2D eigenvalue weighted by atomic mass is 31.2. The molecule has 1 fully saturated rings. The van der Waals surface area contributed by atoms with E-state index in [0.717, 1.165) is 6.33 Å². The summed E-state index contributed by atoms with van der Waals surface area (Å²) in [5, 5.41) is 37.1. The molecule has 13 nitrogen and oxygen atoms in total. The maximum atomic E-state index is 10.7. The van der Waals surface area contributed by atoms with Crippen LogP contribution in [0.2, 0.25) is 0 Å². The molecule has 6 N–H and O–H groups in total. The molecule has 0 saturated carbocycles. The molecule has 1 aliphatic heterocycles. The molecule has 132 valence electrons. The van der Waals surface area contributed by atoms with Crippen molar-refractivity contribution in [3.63, 3.8) is 0 Å². The SMILES string of the molecule is N=c1c2ncn([C@@H]3O[C@@H](COP(=O)(O)O)[C@@H](O)[C@@H]3O)c2ncn1O. The number of hydrogen-bond acceptors (Lipinski definition) is 9. The van der Waals surface area contributed by atoms with E-state index in [1.807, 2.05) is 0 Å². The Morgan fingerprint density at radius 2 is 2.00 bits per heavy atom. The third-order valence-electron chi connectivity index (χ3n) is 3.53. The predicted octanol–water partition coefficient (Wildman–Crippen LogP) is -2.32. The fraction of sp³-hybridized carbons (Fsp3) is 0.500. The first-order chi connectivity index (χ1) is 11.2. The Bertz CT molecular complexity index is 861. The molecule has 1 aliphatic rings. The number of fused-ring (bicyclic) bond motifs is 1. The van der Waals surface area contributed by atoms with Crippen LogP contribution in [0, 0.1) is 5.41 Å². The number of imidazole rings is 1. The highest BCUT2D eigenvalue weighted by Crippen LogP contribution is 2.38. The van der Waals surface area contributed by atoms with Gasteiger partial charge in [0.1, 0.15) is 24.6 Å². The Morgan fingerprint density at radius 3 is 2.67 bits per heavy atom. The summed E-state index contributed by atoms with van der Waals surface area (Å²) in [7, 11) is -4.76. The molecule has 3 heterocycles. The topological polar surface area (TPSA) is 196 Å². The second kappa shape index (κ2) is 5.89. The van der Waals surface area contributed by atoms with Crippen molar-refractivity contribution in [3.8, 4) is 0 Å². The molecule has 1 saturated heterocycles. The van der Waals surface area contributed by atoms with Crippen LogP contribution in [0.5, 0.6) is 0 Å². The first-order valence-corrected chi connectivity index (χ1v) is 8.12. The van der Waals surface area contributed by atoms with E-state index in [9.17, 15) is 20.0 Å². The van der Waals surface area contributed by atoms with Crippen molar-refractivity contribution in [2.24, 2.45) is 0 Å². The lowest BCUT2D eigenvalue weighted by Gasteiger charge is -2.16. The Morgan fingerprint density at radius 1 is 1.29 bits per heavy atom. The van der Waals surface area contributed by atoms with Crippen LogP contribution in [0.4, 0.5) is 0 Å². The normalized spacial score (nSPS) is 27.8. The van der Waals surface area contributed by atoms with Gasteiger partial charge in [0.05, 0.1) is 12.9 Å². The van der Waals surface area contributed by atoms with Gasteiger partial charge >= 0.3 is 7.82 Å². The zero-order chi connectivity index (χ0) is 17.6. The molecule has 3 rings (SSSR count). The summed E-state index contributed by atoms with van der Waals surface area (Å²) in [4.78, 5) is 25.2. The molecular formula is C10H14N5O8P. The molecule has 0 aromatic carbocycles. The van der Waals surface area contributed by atoms with Crippen LogP contribution in [-0.4, -0.2) is 69.4 Å². The van der Waals surface area contributed by atoms with E-state index in [1.54, 1.807) is 0 Å². The number of aliphatic hydroxyl groups excluding tert-OH is 2. The maximum Gasteiger partial charge on any atom is 0.469 e. The molecule has 0 aliphatic carbocycles. The second-order valence-electron chi connectivity index (χ2n) is 5.09. The molecular weight excluding hydrogens is 349 g/mol. The number of aliphatic hydroxyl groups is 2. The van der Waals surface area contributed by atoms with Gasteiger partial charge in [-0.15, -0.1) is 0 Å². The van der Waals surface area contributed by atoms with Gasteiger partial charge in [0, 0.05) is 0 Å². The molecule has 0 unspecified atom stereocenters. The van der Waals surface area contributed by atoms with Crippen molar-refractivity contribution in [1.82, 2.24) is 19.3 Å². The summed E-state index contributed by atoms with van der Waals surface area (Å²) in [5.74, 6) is 0. The van der Waals surface area contributed by atoms with Gasteiger partial charge in [0.15, 0.2) is 22.9 Å². The van der Waals surface area contributed by atoms with Gasteiger partial charge in [-0.2, -0.15) is 4.73 Å². The number of aromatic nitrogens is 4. The zero-order valence-electron chi connectivity index (χ0n) is 11.9. The zero-order valence-corrected chi connectivity index (χ0v) is 12.8. The highest BCUT2D eigenvalue weighted by Gasteiger charge is 2.45. The third-order valence-corrected chi connectivity index (χ3v) is 4.01. The van der Waals surface area contributed by atoms with Gasteiger partial charge in [0.25, 0.3) is 0 Å². The van der Waals surface area contributed by atoms with E-state index in [0.29, 0.717) is 4.73 Å². The van der Waals surface area contributed by atoms with Gasteiger partial charge in [0.2, 0.25) is 0 Å². The molecule has 2 aromatic rings. The average Bonchev–Trinajstić information content (AvgIpc) is 3.04. The van der Waals surface area contributed by atoms with E-state index in [4.69, 9.17) is 19.9 Å². The van der Waals surface area contributed by atoms with E-state index >= 15 is 0 Å². The van der Waals surface area contributed by atoms with Crippen LogP contribution in [0.15, 0.2) is 12.7 Å². The maximum absolute atomic E-state index is 10.7. The summed E-state index contributed by atoms with van der Waals surface area (Å²) < 4.78 is 22.1. The third kappa shape index (κ3) is 2.93. The minimum Gasteiger partial charge on any atom is -0.425 e. The predicted molar refractivity (Wildman–Crippen MR) is 72.5 cm³/mol. The van der Waals surface area contributed by atoms with E-state index in [1.165, 1.54) is 10.9 Å². The summed E-state index contributed by atoms with van der Waals surface area (Å²) >= 11 is 0. The van der Waals surface area contributed by atoms with Crippen molar-refractivity contribution in [3.05, 3.63) is 18.1 Å². The lowest BCUT2D eigenvalue weighted by molar-refractivity contribution is -0.0504. The molecule has 24 heavy (non-hydrogen) atoms. The van der Waals surface area contributed by atoms with Gasteiger partial charge in [-0.05, 0) is 0 Å². The average molecular weight is 363 g/mol. The molecule has 0 bridgehead atoms. The standard InChI is InChI=1S/C10H14N5O8P/c11-8-5-9(13-3-15(8)18)14(2-12-5)10-7(17)6(16)4(23-10)1-22-24(19,20)21/h2-4,6-7,10-11,16-18H,1H2,(H2,19,20,21)/t4-,6+,7-,10+/m0/s1. The fourth-order valence-corrected chi connectivity index (χ4v) is 2.72. The molecule has 0 amide bonds. The summed E-state index contributed by atoms with van der Waals surface area (Å²) in [6.45, 7) is -0.639. The molecule has 0 spiro atoms. The van der Waals surface area contributed by atoms with E-state index < -0.39 is 39.0 Å². The van der Waals surface area contributed by atoms with Crippen LogP contribution < -0.4 is 5.49 Å². The fourth-order valence-electron chi connectivity index (χ4n) is 2.38. The number of nitrogens with one attached hydrogen (secondary N) is 1. The summed E-state index contributed by atoms with van der Waals surface area (Å²) in [6.07, 6.45) is -3.14. The minimum absolute atomic E-state index is 0.0280. The molecule has 14 heteroatoms. The van der Waals surface area contributed by atoms with Crippen molar-refractivity contribution in [1.29, 1.82) is 5.41 Å². The van der Waals surface area contributed by atoms with Crippen molar-refractivity contribution in [2.75, 3.05) is 6.61 Å². The van der Waals surface area contributed by atoms with Gasteiger partial charge in [-0.1, -0.05) is 0 Å². The Kier molecular flexibility index (Phi) is 4.17. The van der Waals surface area contributed by atoms with Crippen LogP contribution >= 0.6 is 7.82 Å². The number of ether oxygens (including phenoxy) is 1. The molecule has 2 aromatic heterocycles. The number of hydrogen-bond donors (Lipinski definition) is 6. The van der Waals surface area contributed by atoms with Crippen LogP contribution in [0.25, 0.3) is 11.2 Å². The van der Waals surface area contributed by atoms with E-state index in [2.05, 4.69) is 14.5 Å². The van der Waals surface area contributed by atoms with Crippen molar-refractivity contribution >= 4 is 19.0 Å². The largest absolute Gasteiger partial charge is 0.469 e. The molecule has 0 radical (unpaired) electrons. The highest BCUT2D eigenvalue weighted by molar-refractivity contribution is 7.46. The smallest absolute Gasteiger partial charge is 0.425 e. The number of nitrogens with zero attached hydrogens (tertiary/aromatic N) is 4. The Hall–Kier alpha value is -1.86. The number of phosphoric ester groups is 1. The van der Waals surface area contributed by atoms with E-state index in [-0.39, 0.29) is 16.7 Å². The minimum atomic E-state index is -4.76. The van der Waals surface area contributed by atoms with Crippen LogP contribution in [0.1, 0.15) is 6.23 Å². The van der Waals surface area contributed by atoms with Crippen LogP contribution in [-0.2, 0) is 13.8 Å². The van der Waals surface area contributed by atoms with Gasteiger partial charge < -0.3 is 29.9 Å². The lowest BCUT2D eigenvalue weighted by atomic mass is 10.1. The number of rotatable bonds is 4. The first kappa shape index (κ1) is 17.0. The summed E-state index contributed by atoms with van der Waals surface area (Å²) in [6, 6.07) is 0. The van der Waals surface area contributed by atoms with Crippen LogP contribution in [0.3, 0.4) is 0 Å². The molecule has 4 atom stereocenters. The lowest BCUT2D eigenvalue weighted by Crippen LogP contribution is -2.33. The Balaban J connectivity index is 1.89.